The molecule has 0 aromatic carbocycles. The topological polar surface area (TPSA) is 52.3 Å². The van der Waals surface area contributed by atoms with E-state index in [1.807, 2.05) is 0 Å². The predicted molar refractivity (Wildman–Crippen MR) is 53.3 cm³/mol. The number of alkyl halides is 1. The molecule has 1 atom stereocenters. The molecule has 0 saturated heterocycles. The number of hydrogen-bond donors (Lipinski definition) is 1. The number of esters is 1. The summed E-state index contributed by atoms with van der Waals surface area (Å²) >= 11 is 0. The third-order valence-corrected chi connectivity index (χ3v) is 1.89. The van der Waals surface area contributed by atoms with Crippen LogP contribution in [0.2, 0.25) is 0 Å². The van der Waals surface area contributed by atoms with Crippen LogP contribution in [0, 0.1) is 0 Å². The van der Waals surface area contributed by atoms with Gasteiger partial charge in [-0.3, -0.25) is 0 Å². The molecule has 0 amide bonds. The maximum Gasteiger partial charge on any atom is 0.332 e. The SMILES string of the molecule is CCC(C)(F)C(N)=CC(=O)OC(C)C. The van der Waals surface area contributed by atoms with Gasteiger partial charge in [0.25, 0.3) is 0 Å². The zero-order valence-electron chi connectivity index (χ0n) is 9.13. The van der Waals surface area contributed by atoms with Crippen molar-refractivity contribution in [2.75, 3.05) is 0 Å². The van der Waals surface area contributed by atoms with E-state index in [4.69, 9.17) is 10.5 Å². The molecule has 0 heterocycles. The summed E-state index contributed by atoms with van der Waals surface area (Å²) < 4.78 is 18.3. The lowest BCUT2D eigenvalue weighted by atomic mass is 10.0. The molecule has 0 saturated carbocycles. The molecule has 0 fully saturated rings. The van der Waals surface area contributed by atoms with Crippen LogP contribution in [-0.4, -0.2) is 17.7 Å². The first-order valence-electron chi connectivity index (χ1n) is 4.66. The maximum atomic E-state index is 13.5. The first kappa shape index (κ1) is 12.9. The Labute approximate surface area is 84.1 Å². The lowest BCUT2D eigenvalue weighted by Gasteiger charge is -2.18. The molecule has 0 radical (unpaired) electrons. The van der Waals surface area contributed by atoms with Crippen LogP contribution >= 0.6 is 0 Å². The van der Waals surface area contributed by atoms with E-state index in [9.17, 15) is 9.18 Å². The molecule has 4 heteroatoms. The Morgan fingerprint density at radius 2 is 2.14 bits per heavy atom. The smallest absolute Gasteiger partial charge is 0.332 e. The van der Waals surface area contributed by atoms with Crippen LogP contribution in [0.1, 0.15) is 34.1 Å². The zero-order chi connectivity index (χ0) is 11.4. The summed E-state index contributed by atoms with van der Waals surface area (Å²) in [5.41, 5.74) is 3.69. The number of rotatable bonds is 4. The second-order valence-corrected chi connectivity index (χ2v) is 3.64. The highest BCUT2D eigenvalue weighted by Gasteiger charge is 2.24. The normalized spacial score (nSPS) is 16.6. The fraction of sp³-hybridized carbons (Fsp3) is 0.700. The maximum absolute atomic E-state index is 13.5. The summed E-state index contributed by atoms with van der Waals surface area (Å²) in [5.74, 6) is -0.602. The van der Waals surface area contributed by atoms with Crippen molar-refractivity contribution < 1.29 is 13.9 Å². The number of nitrogens with two attached hydrogens (primary N) is 1. The van der Waals surface area contributed by atoms with Crippen molar-refractivity contribution in [3.05, 3.63) is 11.8 Å². The van der Waals surface area contributed by atoms with Crippen LogP contribution in [-0.2, 0) is 9.53 Å². The van der Waals surface area contributed by atoms with Crippen molar-refractivity contribution in [2.45, 2.75) is 45.9 Å². The molecule has 0 aliphatic heterocycles. The average Bonchev–Trinajstić information content (AvgIpc) is 2.02. The lowest BCUT2D eigenvalue weighted by Crippen LogP contribution is -2.27. The molecular formula is C10H18FNO2. The van der Waals surface area contributed by atoms with Gasteiger partial charge in [-0.1, -0.05) is 6.92 Å². The van der Waals surface area contributed by atoms with Crippen LogP contribution in [0.25, 0.3) is 0 Å². The van der Waals surface area contributed by atoms with Crippen molar-refractivity contribution in [1.29, 1.82) is 0 Å². The minimum atomic E-state index is -1.64. The first-order valence-corrected chi connectivity index (χ1v) is 4.66. The van der Waals surface area contributed by atoms with Gasteiger partial charge in [0.05, 0.1) is 11.8 Å². The molecule has 2 N–H and O–H groups in total. The van der Waals surface area contributed by atoms with Crippen molar-refractivity contribution >= 4 is 5.97 Å². The largest absolute Gasteiger partial charge is 0.460 e. The predicted octanol–water partition coefficient (Wildman–Crippen LogP) is 1.92. The number of carbonyl (C=O) groups excluding carboxylic acids is 1. The monoisotopic (exact) mass is 203 g/mol. The second-order valence-electron chi connectivity index (χ2n) is 3.64. The van der Waals surface area contributed by atoms with Crippen LogP contribution < -0.4 is 5.73 Å². The molecular weight excluding hydrogens is 185 g/mol. The third kappa shape index (κ3) is 4.25. The highest BCUT2D eigenvalue weighted by Crippen LogP contribution is 2.21. The summed E-state index contributed by atoms with van der Waals surface area (Å²) in [7, 11) is 0. The second kappa shape index (κ2) is 4.98. The highest BCUT2D eigenvalue weighted by atomic mass is 19.1. The Morgan fingerprint density at radius 1 is 1.64 bits per heavy atom. The van der Waals surface area contributed by atoms with Gasteiger partial charge in [-0.2, -0.15) is 0 Å². The van der Waals surface area contributed by atoms with E-state index in [0.29, 0.717) is 0 Å². The molecule has 1 unspecified atom stereocenters. The van der Waals surface area contributed by atoms with Gasteiger partial charge < -0.3 is 10.5 Å². The molecule has 0 rings (SSSR count). The fourth-order valence-corrected chi connectivity index (χ4v) is 0.748. The van der Waals surface area contributed by atoms with Gasteiger partial charge in [-0.15, -0.1) is 0 Å². The van der Waals surface area contributed by atoms with E-state index in [-0.39, 0.29) is 18.2 Å². The molecule has 0 aromatic heterocycles. The molecule has 14 heavy (non-hydrogen) atoms. The van der Waals surface area contributed by atoms with Crippen LogP contribution in [0.15, 0.2) is 11.8 Å². The van der Waals surface area contributed by atoms with Gasteiger partial charge in [-0.05, 0) is 27.2 Å². The van der Waals surface area contributed by atoms with Gasteiger partial charge in [0.1, 0.15) is 5.67 Å². The standard InChI is InChI=1S/C10H18FNO2/c1-5-10(4,11)8(12)6-9(13)14-7(2)3/h6-7H,5,12H2,1-4H3. The van der Waals surface area contributed by atoms with Crippen LogP contribution in [0.3, 0.4) is 0 Å². The Kier molecular flexibility index (Phi) is 4.60. The highest BCUT2D eigenvalue weighted by molar-refractivity contribution is 5.83. The van der Waals surface area contributed by atoms with Crippen molar-refractivity contribution in [3.8, 4) is 0 Å². The summed E-state index contributed by atoms with van der Waals surface area (Å²) in [6.45, 7) is 6.43. The number of carbonyl (C=O) groups is 1. The van der Waals surface area contributed by atoms with Crippen LogP contribution in [0.4, 0.5) is 4.39 Å². The van der Waals surface area contributed by atoms with E-state index in [1.165, 1.54) is 6.92 Å². The van der Waals surface area contributed by atoms with E-state index in [0.717, 1.165) is 6.08 Å². The summed E-state index contributed by atoms with van der Waals surface area (Å²) in [6, 6.07) is 0. The number of hydrogen-bond acceptors (Lipinski definition) is 3. The zero-order valence-corrected chi connectivity index (χ0v) is 9.13. The summed E-state index contributed by atoms with van der Waals surface area (Å²) in [6.07, 6.45) is 1.01. The van der Waals surface area contributed by atoms with E-state index in [1.54, 1.807) is 20.8 Å². The third-order valence-electron chi connectivity index (χ3n) is 1.89. The van der Waals surface area contributed by atoms with E-state index >= 15 is 0 Å². The van der Waals surface area contributed by atoms with Gasteiger partial charge in [0.15, 0.2) is 0 Å². The molecule has 0 aromatic rings. The van der Waals surface area contributed by atoms with Crippen LogP contribution in [0.5, 0.6) is 0 Å². The number of halogens is 1. The number of ether oxygens (including phenoxy) is 1. The lowest BCUT2D eigenvalue weighted by molar-refractivity contribution is -0.141. The van der Waals surface area contributed by atoms with Gasteiger partial charge in [0.2, 0.25) is 0 Å². The van der Waals surface area contributed by atoms with Crippen molar-refractivity contribution in [2.24, 2.45) is 5.73 Å². The van der Waals surface area contributed by atoms with E-state index < -0.39 is 11.6 Å². The minimum Gasteiger partial charge on any atom is -0.460 e. The molecule has 0 aliphatic carbocycles. The Balaban J connectivity index is 4.44. The quantitative estimate of drug-likeness (QED) is 0.561. The minimum absolute atomic E-state index is 0.0920. The Morgan fingerprint density at radius 3 is 2.50 bits per heavy atom. The molecule has 3 nitrogen and oxygen atoms in total. The number of allylic oxidation sites excluding steroid dienone is 1. The first-order chi connectivity index (χ1) is 6.29. The summed E-state index contributed by atoms with van der Waals surface area (Å²) in [5, 5.41) is 0. The van der Waals surface area contributed by atoms with E-state index in [2.05, 4.69) is 0 Å². The Hall–Kier alpha value is -1.06. The molecule has 0 bridgehead atoms. The van der Waals surface area contributed by atoms with Gasteiger partial charge >= 0.3 is 5.97 Å². The van der Waals surface area contributed by atoms with Crippen molar-refractivity contribution in [1.82, 2.24) is 0 Å². The van der Waals surface area contributed by atoms with Gasteiger partial charge in [0, 0.05) is 6.08 Å². The Bertz CT molecular complexity index is 234. The van der Waals surface area contributed by atoms with Gasteiger partial charge in [-0.25, -0.2) is 9.18 Å². The average molecular weight is 203 g/mol. The van der Waals surface area contributed by atoms with Crippen molar-refractivity contribution in [3.63, 3.8) is 0 Å². The molecule has 0 aliphatic rings. The molecule has 0 spiro atoms. The fourth-order valence-electron chi connectivity index (χ4n) is 0.748. The summed E-state index contributed by atoms with van der Waals surface area (Å²) in [4.78, 5) is 11.1. The molecule has 82 valence electrons.